The van der Waals surface area contributed by atoms with Gasteiger partial charge in [-0.2, -0.15) is 0 Å². The Morgan fingerprint density at radius 1 is 1.47 bits per heavy atom. The average Bonchev–Trinajstić information content (AvgIpc) is 2.86. The number of ether oxygens (including phenoxy) is 1. The maximum atomic E-state index is 12.4. The monoisotopic (exact) mass is 264 g/mol. The van der Waals surface area contributed by atoms with E-state index in [9.17, 15) is 9.59 Å². The molecule has 1 aromatic heterocycles. The lowest BCUT2D eigenvalue weighted by molar-refractivity contribution is -0.143. The number of esters is 1. The molecule has 0 radical (unpaired) electrons. The second kappa shape index (κ2) is 7.41. The summed E-state index contributed by atoms with van der Waals surface area (Å²) in [6.45, 7) is 8.56. The van der Waals surface area contributed by atoms with Crippen LogP contribution in [0.1, 0.15) is 24.3 Å². The lowest BCUT2D eigenvalue weighted by Crippen LogP contribution is -2.37. The van der Waals surface area contributed by atoms with Crippen LogP contribution in [0.2, 0.25) is 0 Å². The lowest BCUT2D eigenvalue weighted by Gasteiger charge is -2.20. The molecule has 1 amide bonds. The van der Waals surface area contributed by atoms with Crippen molar-refractivity contribution in [3.8, 4) is 0 Å². The van der Waals surface area contributed by atoms with Gasteiger partial charge >= 0.3 is 5.97 Å². The van der Waals surface area contributed by atoms with E-state index in [1.165, 1.54) is 4.90 Å². The Bertz CT molecular complexity index is 451. The van der Waals surface area contributed by atoms with Gasteiger partial charge in [-0.25, -0.2) is 0 Å². The summed E-state index contributed by atoms with van der Waals surface area (Å²) in [7, 11) is 0. The third-order valence-corrected chi connectivity index (χ3v) is 2.65. The number of carbonyl (C=O) groups excluding carboxylic acids is 2. The van der Waals surface area contributed by atoms with Gasteiger partial charge < -0.3 is 14.2 Å². The molecular formula is C14H20N2O3. The van der Waals surface area contributed by atoms with E-state index in [0.29, 0.717) is 25.4 Å². The van der Waals surface area contributed by atoms with Crippen LogP contribution in [0.3, 0.4) is 0 Å². The normalized spacial score (nSPS) is 10.0. The molecular weight excluding hydrogens is 244 g/mol. The summed E-state index contributed by atoms with van der Waals surface area (Å²) < 4.78 is 6.71. The molecule has 19 heavy (non-hydrogen) atoms. The Hall–Kier alpha value is -2.04. The molecule has 0 spiro atoms. The van der Waals surface area contributed by atoms with Gasteiger partial charge in [0.1, 0.15) is 12.2 Å². The average molecular weight is 264 g/mol. The lowest BCUT2D eigenvalue weighted by atomic mass is 10.3. The third kappa shape index (κ3) is 3.98. The Kier molecular flexibility index (Phi) is 5.85. The number of carbonyl (C=O) groups is 2. The van der Waals surface area contributed by atoms with E-state index < -0.39 is 5.97 Å². The zero-order chi connectivity index (χ0) is 14.3. The largest absolute Gasteiger partial charge is 0.465 e. The number of nitrogens with zero attached hydrogens (tertiary/aromatic N) is 2. The molecule has 0 fully saturated rings. The van der Waals surface area contributed by atoms with Crippen LogP contribution >= 0.6 is 0 Å². The number of hydrogen-bond donors (Lipinski definition) is 0. The molecule has 5 nitrogen and oxygen atoms in total. The Morgan fingerprint density at radius 3 is 2.79 bits per heavy atom. The number of aryl methyl sites for hydroxylation is 1. The van der Waals surface area contributed by atoms with Crippen LogP contribution in [-0.4, -0.2) is 41.0 Å². The van der Waals surface area contributed by atoms with Crippen LogP contribution in [0.4, 0.5) is 0 Å². The molecule has 1 rings (SSSR count). The minimum atomic E-state index is -0.410. The fourth-order valence-corrected chi connectivity index (χ4v) is 1.78. The van der Waals surface area contributed by atoms with Crippen molar-refractivity contribution in [3.63, 3.8) is 0 Å². The van der Waals surface area contributed by atoms with Crippen molar-refractivity contribution in [1.29, 1.82) is 0 Å². The standard InChI is InChI=1S/C14H20N2O3/c1-4-9-16(11-13(17)19-6-3)14(18)12-8-7-10-15(12)5-2/h4,7-8,10H,1,5-6,9,11H2,2-3H3. The predicted molar refractivity (Wildman–Crippen MR) is 72.8 cm³/mol. The van der Waals surface area contributed by atoms with Gasteiger partial charge in [-0.15, -0.1) is 6.58 Å². The Morgan fingerprint density at radius 2 is 2.21 bits per heavy atom. The van der Waals surface area contributed by atoms with Crippen molar-refractivity contribution in [1.82, 2.24) is 9.47 Å². The molecule has 0 saturated heterocycles. The quantitative estimate of drug-likeness (QED) is 0.556. The first-order valence-electron chi connectivity index (χ1n) is 6.34. The fourth-order valence-electron chi connectivity index (χ4n) is 1.78. The van der Waals surface area contributed by atoms with Crippen LogP contribution in [0.25, 0.3) is 0 Å². The first kappa shape index (κ1) is 15.0. The summed E-state index contributed by atoms with van der Waals surface area (Å²) in [6.07, 6.45) is 3.43. The number of rotatable bonds is 7. The molecule has 0 bridgehead atoms. The predicted octanol–water partition coefficient (Wildman–Crippen LogP) is 1.70. The highest BCUT2D eigenvalue weighted by Gasteiger charge is 2.20. The van der Waals surface area contributed by atoms with Crippen molar-refractivity contribution in [2.24, 2.45) is 0 Å². The van der Waals surface area contributed by atoms with E-state index in [4.69, 9.17) is 4.74 Å². The molecule has 5 heteroatoms. The Balaban J connectivity index is 2.83. The molecule has 0 aliphatic rings. The van der Waals surface area contributed by atoms with E-state index in [-0.39, 0.29) is 12.5 Å². The SMILES string of the molecule is C=CCN(CC(=O)OCC)C(=O)c1cccn1CC. The number of amides is 1. The zero-order valence-corrected chi connectivity index (χ0v) is 11.5. The second-order valence-corrected chi connectivity index (χ2v) is 3.96. The van der Waals surface area contributed by atoms with Gasteiger partial charge in [-0.3, -0.25) is 9.59 Å². The smallest absolute Gasteiger partial charge is 0.325 e. The highest BCUT2D eigenvalue weighted by atomic mass is 16.5. The minimum Gasteiger partial charge on any atom is -0.465 e. The highest BCUT2D eigenvalue weighted by molar-refractivity contribution is 5.94. The van der Waals surface area contributed by atoms with Crippen molar-refractivity contribution >= 4 is 11.9 Å². The van der Waals surface area contributed by atoms with E-state index in [1.54, 1.807) is 19.1 Å². The summed E-state index contributed by atoms with van der Waals surface area (Å²) in [5.74, 6) is -0.605. The molecule has 0 aliphatic heterocycles. The van der Waals surface area contributed by atoms with E-state index in [0.717, 1.165) is 0 Å². The van der Waals surface area contributed by atoms with Gasteiger partial charge in [0.2, 0.25) is 0 Å². The van der Waals surface area contributed by atoms with Crippen LogP contribution in [-0.2, 0) is 16.1 Å². The number of hydrogen-bond acceptors (Lipinski definition) is 3. The third-order valence-electron chi connectivity index (χ3n) is 2.65. The van der Waals surface area contributed by atoms with Crippen LogP contribution in [0, 0.1) is 0 Å². The molecule has 0 saturated carbocycles. The molecule has 0 aliphatic carbocycles. The van der Waals surface area contributed by atoms with Gasteiger partial charge in [0.05, 0.1) is 6.61 Å². The molecule has 0 atom stereocenters. The molecule has 0 N–H and O–H groups in total. The fraction of sp³-hybridized carbons (Fsp3) is 0.429. The molecule has 1 heterocycles. The maximum absolute atomic E-state index is 12.4. The summed E-state index contributed by atoms with van der Waals surface area (Å²) in [4.78, 5) is 25.3. The van der Waals surface area contributed by atoms with Crippen molar-refractivity contribution in [3.05, 3.63) is 36.7 Å². The van der Waals surface area contributed by atoms with Crippen molar-refractivity contribution in [2.75, 3.05) is 19.7 Å². The van der Waals surface area contributed by atoms with Gasteiger partial charge in [-0.1, -0.05) is 6.08 Å². The van der Waals surface area contributed by atoms with Crippen molar-refractivity contribution in [2.45, 2.75) is 20.4 Å². The molecule has 0 unspecified atom stereocenters. The summed E-state index contributed by atoms with van der Waals surface area (Å²) in [6, 6.07) is 3.56. The van der Waals surface area contributed by atoms with Crippen LogP contribution in [0.15, 0.2) is 31.0 Å². The van der Waals surface area contributed by atoms with E-state index >= 15 is 0 Å². The second-order valence-electron chi connectivity index (χ2n) is 3.96. The van der Waals surface area contributed by atoms with Crippen LogP contribution < -0.4 is 0 Å². The summed E-state index contributed by atoms with van der Waals surface area (Å²) in [5.41, 5.74) is 0.564. The van der Waals surface area contributed by atoms with Gasteiger partial charge in [0.15, 0.2) is 0 Å². The van der Waals surface area contributed by atoms with Crippen molar-refractivity contribution < 1.29 is 14.3 Å². The van der Waals surface area contributed by atoms with E-state index in [2.05, 4.69) is 6.58 Å². The van der Waals surface area contributed by atoms with Gasteiger partial charge in [0.25, 0.3) is 5.91 Å². The topological polar surface area (TPSA) is 51.5 Å². The van der Waals surface area contributed by atoms with Gasteiger partial charge in [0, 0.05) is 19.3 Å². The molecule has 0 aromatic carbocycles. The molecule has 1 aromatic rings. The highest BCUT2D eigenvalue weighted by Crippen LogP contribution is 2.07. The summed E-state index contributed by atoms with van der Waals surface area (Å²) in [5, 5.41) is 0. The zero-order valence-electron chi connectivity index (χ0n) is 11.5. The first-order chi connectivity index (χ1) is 9.13. The Labute approximate surface area is 113 Å². The van der Waals surface area contributed by atoms with Gasteiger partial charge in [-0.05, 0) is 26.0 Å². The molecule has 104 valence electrons. The van der Waals surface area contributed by atoms with E-state index in [1.807, 2.05) is 23.8 Å². The number of aromatic nitrogens is 1. The first-order valence-corrected chi connectivity index (χ1v) is 6.34. The summed E-state index contributed by atoms with van der Waals surface area (Å²) >= 11 is 0. The maximum Gasteiger partial charge on any atom is 0.325 e. The minimum absolute atomic E-state index is 0.0619. The van der Waals surface area contributed by atoms with Crippen LogP contribution in [0.5, 0.6) is 0 Å².